The van der Waals surface area contributed by atoms with Crippen molar-refractivity contribution in [2.75, 3.05) is 11.9 Å². The van der Waals surface area contributed by atoms with Crippen LogP contribution in [0.25, 0.3) is 0 Å². The van der Waals surface area contributed by atoms with Crippen LogP contribution in [0.4, 0.5) is 18.9 Å². The Morgan fingerprint density at radius 3 is 2.41 bits per heavy atom. The number of unbranched alkanes of at least 4 members (excludes halogenated alkanes) is 1. The Balaban J connectivity index is 2.18. The molecule has 2 aromatic carbocycles. The first-order chi connectivity index (χ1) is 12.7. The summed E-state index contributed by atoms with van der Waals surface area (Å²) in [5, 5.41) is 2.66. The average molecular weight is 379 g/mol. The molecule has 0 fully saturated rings. The Bertz CT molecular complexity index is 770. The molecule has 0 saturated carbocycles. The molecule has 0 heterocycles. The Morgan fingerprint density at radius 1 is 1.15 bits per heavy atom. The Hall–Kier alpha value is -2.34. The number of hydrogen-bond acceptors (Lipinski definition) is 2. The maximum Gasteiger partial charge on any atom is 0.416 e. The van der Waals surface area contributed by atoms with Crippen LogP contribution in [0.1, 0.15) is 59.8 Å². The number of hydrogen-bond donors (Lipinski definition) is 1. The lowest BCUT2D eigenvalue weighted by molar-refractivity contribution is -0.137. The van der Waals surface area contributed by atoms with Crippen LogP contribution in [0, 0.1) is 6.92 Å². The molecule has 0 radical (unpaired) electrons. The maximum atomic E-state index is 12.7. The standard InChI is InChI=1S/C21H24F3NO2/c1-4-5-12-27-15(3)18-11-6-14(2)13-19(18)20(26)25-17-9-7-16(8-10-17)21(22,23)24/h6-11,13,15H,4-5,12H2,1-3H3,(H,25,26)/t15-/m1/s1. The number of carbonyl (C=O) groups excluding carboxylic acids is 1. The lowest BCUT2D eigenvalue weighted by Gasteiger charge is -2.18. The molecular formula is C21H24F3NO2. The van der Waals surface area contributed by atoms with Gasteiger partial charge in [0.05, 0.1) is 11.7 Å². The number of alkyl halides is 3. The minimum Gasteiger partial charge on any atom is -0.374 e. The van der Waals surface area contributed by atoms with E-state index in [1.165, 1.54) is 12.1 Å². The van der Waals surface area contributed by atoms with Gasteiger partial charge in [-0.25, -0.2) is 0 Å². The van der Waals surface area contributed by atoms with Gasteiger partial charge in [0.15, 0.2) is 0 Å². The molecule has 0 aliphatic carbocycles. The van der Waals surface area contributed by atoms with E-state index in [1.54, 1.807) is 6.07 Å². The van der Waals surface area contributed by atoms with Crippen molar-refractivity contribution in [1.29, 1.82) is 0 Å². The number of nitrogens with one attached hydrogen (secondary N) is 1. The highest BCUT2D eigenvalue weighted by Crippen LogP contribution is 2.30. The van der Waals surface area contributed by atoms with Gasteiger partial charge in [-0.15, -0.1) is 0 Å². The quantitative estimate of drug-likeness (QED) is 0.587. The third kappa shape index (κ3) is 5.82. The van der Waals surface area contributed by atoms with Crippen LogP contribution in [0.5, 0.6) is 0 Å². The molecule has 0 spiro atoms. The van der Waals surface area contributed by atoms with Gasteiger partial charge in [-0.3, -0.25) is 4.79 Å². The molecule has 0 aromatic heterocycles. The van der Waals surface area contributed by atoms with Crippen molar-refractivity contribution in [3.63, 3.8) is 0 Å². The van der Waals surface area contributed by atoms with Crippen molar-refractivity contribution in [3.05, 3.63) is 64.7 Å². The summed E-state index contributed by atoms with van der Waals surface area (Å²) in [5.74, 6) is -0.376. The molecule has 6 heteroatoms. The van der Waals surface area contributed by atoms with Gasteiger partial charge < -0.3 is 10.1 Å². The zero-order valence-electron chi connectivity index (χ0n) is 15.7. The third-order valence-electron chi connectivity index (χ3n) is 4.23. The summed E-state index contributed by atoms with van der Waals surface area (Å²) in [4.78, 5) is 12.7. The van der Waals surface area contributed by atoms with Crippen LogP contribution in [-0.2, 0) is 10.9 Å². The average Bonchev–Trinajstić information content (AvgIpc) is 2.61. The second-order valence-electron chi connectivity index (χ2n) is 6.49. The van der Waals surface area contributed by atoms with Gasteiger partial charge in [-0.2, -0.15) is 13.2 Å². The van der Waals surface area contributed by atoms with Crippen molar-refractivity contribution in [2.24, 2.45) is 0 Å². The number of anilines is 1. The number of carbonyl (C=O) groups is 1. The van der Waals surface area contributed by atoms with Gasteiger partial charge in [0.1, 0.15) is 0 Å². The molecule has 0 saturated heterocycles. The lowest BCUT2D eigenvalue weighted by atomic mass is 9.99. The second-order valence-corrected chi connectivity index (χ2v) is 6.49. The summed E-state index contributed by atoms with van der Waals surface area (Å²) in [6.45, 7) is 6.44. The van der Waals surface area contributed by atoms with Crippen molar-refractivity contribution < 1.29 is 22.7 Å². The normalized spacial score (nSPS) is 12.7. The number of aryl methyl sites for hydroxylation is 1. The minimum absolute atomic E-state index is 0.259. The number of rotatable bonds is 7. The van der Waals surface area contributed by atoms with Gasteiger partial charge >= 0.3 is 6.18 Å². The zero-order valence-corrected chi connectivity index (χ0v) is 15.7. The van der Waals surface area contributed by atoms with Crippen molar-refractivity contribution in [3.8, 4) is 0 Å². The summed E-state index contributed by atoms with van der Waals surface area (Å²) in [5.41, 5.74) is 1.67. The number of amides is 1. The molecule has 1 N–H and O–H groups in total. The van der Waals surface area contributed by atoms with Crippen molar-refractivity contribution in [1.82, 2.24) is 0 Å². The molecule has 2 rings (SSSR count). The van der Waals surface area contributed by atoms with Crippen LogP contribution in [0.3, 0.4) is 0 Å². The van der Waals surface area contributed by atoms with Gasteiger partial charge in [0.25, 0.3) is 5.91 Å². The summed E-state index contributed by atoms with van der Waals surface area (Å²) >= 11 is 0. The number of ether oxygens (including phenoxy) is 1. The van der Waals surface area contributed by atoms with Crippen molar-refractivity contribution in [2.45, 2.75) is 45.9 Å². The molecule has 2 aromatic rings. The topological polar surface area (TPSA) is 38.3 Å². The van der Waals surface area contributed by atoms with Gasteiger partial charge in [-0.05, 0) is 56.2 Å². The highest BCUT2D eigenvalue weighted by molar-refractivity contribution is 6.05. The molecule has 3 nitrogen and oxygen atoms in total. The largest absolute Gasteiger partial charge is 0.416 e. The fourth-order valence-electron chi connectivity index (χ4n) is 2.66. The SMILES string of the molecule is CCCCO[C@H](C)c1ccc(C)cc1C(=O)Nc1ccc(C(F)(F)F)cc1. The molecule has 27 heavy (non-hydrogen) atoms. The fourth-order valence-corrected chi connectivity index (χ4v) is 2.66. The molecule has 1 amide bonds. The molecule has 0 aliphatic rings. The summed E-state index contributed by atoms with van der Waals surface area (Å²) < 4.78 is 43.8. The van der Waals surface area contributed by atoms with E-state index in [0.717, 1.165) is 36.1 Å². The molecule has 0 aliphatic heterocycles. The molecule has 1 atom stereocenters. The van der Waals surface area contributed by atoms with E-state index >= 15 is 0 Å². The minimum atomic E-state index is -4.41. The van der Waals surface area contributed by atoms with Gasteiger partial charge in [0.2, 0.25) is 0 Å². The first-order valence-corrected chi connectivity index (χ1v) is 8.93. The second kappa shape index (κ2) is 9.04. The molecule has 0 bridgehead atoms. The van der Waals surface area contributed by atoms with E-state index in [2.05, 4.69) is 12.2 Å². The number of benzene rings is 2. The Morgan fingerprint density at radius 2 is 1.81 bits per heavy atom. The van der Waals surface area contributed by atoms with Crippen LogP contribution in [0.2, 0.25) is 0 Å². The van der Waals surface area contributed by atoms with E-state index in [4.69, 9.17) is 4.74 Å². The predicted molar refractivity (Wildman–Crippen MR) is 99.9 cm³/mol. The van der Waals surface area contributed by atoms with E-state index in [9.17, 15) is 18.0 Å². The van der Waals surface area contributed by atoms with Gasteiger partial charge in [-0.1, -0.05) is 31.0 Å². The zero-order chi connectivity index (χ0) is 20.0. The highest BCUT2D eigenvalue weighted by Gasteiger charge is 2.30. The Labute approximate surface area is 157 Å². The van der Waals surface area contributed by atoms with E-state index in [-0.39, 0.29) is 12.0 Å². The highest BCUT2D eigenvalue weighted by atomic mass is 19.4. The fraction of sp³-hybridized carbons (Fsp3) is 0.381. The predicted octanol–water partition coefficient (Wildman–Crippen LogP) is 6.14. The van der Waals surface area contributed by atoms with Crippen molar-refractivity contribution >= 4 is 11.6 Å². The first kappa shape index (κ1) is 21.0. The summed E-state index contributed by atoms with van der Waals surface area (Å²) in [6.07, 6.45) is -2.71. The summed E-state index contributed by atoms with van der Waals surface area (Å²) in [6, 6.07) is 9.91. The maximum absolute atomic E-state index is 12.7. The van der Waals surface area contributed by atoms with E-state index in [0.29, 0.717) is 17.9 Å². The number of halogens is 3. The van der Waals surface area contributed by atoms with Crippen LogP contribution < -0.4 is 5.32 Å². The first-order valence-electron chi connectivity index (χ1n) is 8.93. The van der Waals surface area contributed by atoms with E-state index in [1.807, 2.05) is 26.0 Å². The monoisotopic (exact) mass is 379 g/mol. The lowest BCUT2D eigenvalue weighted by Crippen LogP contribution is -2.17. The summed E-state index contributed by atoms with van der Waals surface area (Å²) in [7, 11) is 0. The molecular weight excluding hydrogens is 355 g/mol. The smallest absolute Gasteiger partial charge is 0.374 e. The molecule has 0 unspecified atom stereocenters. The van der Waals surface area contributed by atoms with Crippen LogP contribution >= 0.6 is 0 Å². The Kier molecular flexibility index (Phi) is 7.02. The van der Waals surface area contributed by atoms with Crippen LogP contribution in [-0.4, -0.2) is 12.5 Å². The van der Waals surface area contributed by atoms with Crippen LogP contribution in [0.15, 0.2) is 42.5 Å². The van der Waals surface area contributed by atoms with Gasteiger partial charge in [0, 0.05) is 17.9 Å². The molecule has 146 valence electrons. The van der Waals surface area contributed by atoms with E-state index < -0.39 is 11.7 Å². The third-order valence-corrected chi connectivity index (χ3v) is 4.23.